The summed E-state index contributed by atoms with van der Waals surface area (Å²) in [5, 5.41) is 2.55. The van der Waals surface area contributed by atoms with Gasteiger partial charge in [0.2, 0.25) is 0 Å². The summed E-state index contributed by atoms with van der Waals surface area (Å²) >= 11 is 8.09. The van der Waals surface area contributed by atoms with Crippen molar-refractivity contribution in [1.29, 1.82) is 0 Å². The van der Waals surface area contributed by atoms with Gasteiger partial charge in [0.15, 0.2) is 0 Å². The van der Waals surface area contributed by atoms with Crippen LogP contribution in [-0.2, 0) is 4.74 Å². The number of alkyl halides is 1. The predicted octanol–water partition coefficient (Wildman–Crippen LogP) is 2.27. The molecule has 0 saturated heterocycles. The van der Waals surface area contributed by atoms with Gasteiger partial charge in [-0.3, -0.25) is 4.79 Å². The largest absolute Gasteiger partial charge is 0.383 e. The number of methoxy groups -OCH3 is 1. The highest BCUT2D eigenvalue weighted by Crippen LogP contribution is 2.06. The molecule has 0 aliphatic rings. The minimum atomic E-state index is -0.196. The van der Waals surface area contributed by atoms with Crippen LogP contribution in [0, 0.1) is 3.57 Å². The molecule has 0 bridgehead atoms. The van der Waals surface area contributed by atoms with Crippen molar-refractivity contribution < 1.29 is 9.53 Å². The van der Waals surface area contributed by atoms with Crippen LogP contribution in [0.25, 0.3) is 0 Å². The zero-order valence-electron chi connectivity index (χ0n) is 8.87. The Bertz CT molecular complexity index is 342. The molecule has 0 radical (unpaired) electrons. The first-order valence-corrected chi connectivity index (χ1v) is 6.31. The fraction of sp³-hybridized carbons (Fsp3) is 0.364. The quantitative estimate of drug-likeness (QED) is 0.651. The lowest BCUT2D eigenvalue weighted by Gasteiger charge is -2.09. The second-order valence-corrected chi connectivity index (χ2v) is 5.13. The van der Waals surface area contributed by atoms with Gasteiger partial charge in [0, 0.05) is 22.8 Å². The minimum Gasteiger partial charge on any atom is -0.383 e. The monoisotopic (exact) mass is 353 g/mol. The van der Waals surface area contributed by atoms with E-state index in [0.717, 1.165) is 3.57 Å². The molecule has 5 heteroatoms. The third-order valence-electron chi connectivity index (χ3n) is 1.94. The topological polar surface area (TPSA) is 38.3 Å². The number of carbonyl (C=O) groups is 1. The van der Waals surface area contributed by atoms with Gasteiger partial charge >= 0.3 is 0 Å². The number of halogens is 2. The molecule has 1 aromatic carbocycles. The summed E-state index contributed by atoms with van der Waals surface area (Å²) in [6, 6.07) is 7.36. The van der Waals surface area contributed by atoms with E-state index in [2.05, 4.69) is 27.9 Å². The van der Waals surface area contributed by atoms with Crippen LogP contribution in [-0.4, -0.2) is 31.5 Å². The molecule has 1 N–H and O–H groups in total. The van der Waals surface area contributed by atoms with Gasteiger partial charge in [0.1, 0.15) is 0 Å². The summed E-state index contributed by atoms with van der Waals surface area (Å²) < 4.78 is 5.97. The Morgan fingerprint density at radius 1 is 1.50 bits per heavy atom. The van der Waals surface area contributed by atoms with E-state index in [0.29, 0.717) is 18.7 Å². The van der Waals surface area contributed by atoms with Gasteiger partial charge in [-0.25, -0.2) is 0 Å². The molecule has 0 aliphatic heterocycles. The lowest BCUT2D eigenvalue weighted by molar-refractivity contribution is 0.0949. The zero-order valence-corrected chi connectivity index (χ0v) is 11.8. The number of carbonyl (C=O) groups excluding carboxylic acids is 1. The number of benzene rings is 1. The standard InChI is InChI=1S/C11H13ClINO2/c1-16-7-9(12)6-14-11(15)8-2-4-10(13)5-3-8/h2-5,9H,6-7H2,1H3,(H,14,15). The van der Waals surface area contributed by atoms with Gasteiger partial charge in [-0.05, 0) is 46.9 Å². The lowest BCUT2D eigenvalue weighted by Crippen LogP contribution is -2.31. The molecule has 0 spiro atoms. The van der Waals surface area contributed by atoms with Crippen LogP contribution in [0.4, 0.5) is 0 Å². The van der Waals surface area contributed by atoms with Gasteiger partial charge in [0.25, 0.3) is 5.91 Å². The normalized spacial score (nSPS) is 12.2. The highest BCUT2D eigenvalue weighted by molar-refractivity contribution is 14.1. The second-order valence-electron chi connectivity index (χ2n) is 3.27. The Labute approximate surface area is 114 Å². The summed E-state index contributed by atoms with van der Waals surface area (Å²) in [7, 11) is 1.58. The maximum Gasteiger partial charge on any atom is 0.251 e. The number of hydrogen-bond acceptors (Lipinski definition) is 2. The van der Waals surface area contributed by atoms with Crippen molar-refractivity contribution in [3.63, 3.8) is 0 Å². The van der Waals surface area contributed by atoms with Crippen LogP contribution >= 0.6 is 34.2 Å². The van der Waals surface area contributed by atoms with Crippen molar-refractivity contribution in [2.24, 2.45) is 0 Å². The van der Waals surface area contributed by atoms with Gasteiger partial charge in [-0.15, -0.1) is 11.6 Å². The Morgan fingerprint density at radius 2 is 2.12 bits per heavy atom. The molecular formula is C11H13ClINO2. The molecule has 0 aliphatic carbocycles. The smallest absolute Gasteiger partial charge is 0.251 e. The van der Waals surface area contributed by atoms with E-state index in [9.17, 15) is 4.79 Å². The molecule has 0 heterocycles. The van der Waals surface area contributed by atoms with Crippen LogP contribution in [0.5, 0.6) is 0 Å². The van der Waals surface area contributed by atoms with Crippen LogP contribution in [0.1, 0.15) is 10.4 Å². The number of rotatable bonds is 5. The highest BCUT2D eigenvalue weighted by Gasteiger charge is 2.08. The average Bonchev–Trinajstić information content (AvgIpc) is 2.27. The average molecular weight is 354 g/mol. The summed E-state index contributed by atoms with van der Waals surface area (Å²) in [5.74, 6) is -0.113. The fourth-order valence-electron chi connectivity index (χ4n) is 1.15. The molecule has 0 aromatic heterocycles. The van der Waals surface area contributed by atoms with E-state index in [1.807, 2.05) is 12.1 Å². The molecular weight excluding hydrogens is 340 g/mol. The van der Waals surface area contributed by atoms with Crippen molar-refractivity contribution >= 4 is 40.1 Å². The highest BCUT2D eigenvalue weighted by atomic mass is 127. The number of ether oxygens (including phenoxy) is 1. The van der Waals surface area contributed by atoms with E-state index in [-0.39, 0.29) is 11.3 Å². The van der Waals surface area contributed by atoms with Gasteiger partial charge in [-0.2, -0.15) is 0 Å². The SMILES string of the molecule is COCC(Cl)CNC(=O)c1ccc(I)cc1. The molecule has 3 nitrogen and oxygen atoms in total. The van der Waals surface area contributed by atoms with Gasteiger partial charge in [0.05, 0.1) is 12.0 Å². The van der Waals surface area contributed by atoms with Crippen molar-refractivity contribution in [2.75, 3.05) is 20.3 Å². The van der Waals surface area contributed by atoms with E-state index < -0.39 is 0 Å². The van der Waals surface area contributed by atoms with E-state index >= 15 is 0 Å². The predicted molar refractivity (Wildman–Crippen MR) is 73.0 cm³/mol. The Hall–Kier alpha value is -0.330. The third kappa shape index (κ3) is 4.67. The van der Waals surface area contributed by atoms with E-state index in [1.165, 1.54) is 0 Å². The minimum absolute atomic E-state index is 0.113. The molecule has 1 atom stereocenters. The van der Waals surface area contributed by atoms with Crippen molar-refractivity contribution in [1.82, 2.24) is 5.32 Å². The van der Waals surface area contributed by atoms with Crippen LogP contribution < -0.4 is 5.32 Å². The first-order valence-electron chi connectivity index (χ1n) is 4.80. The Morgan fingerprint density at radius 3 is 2.69 bits per heavy atom. The molecule has 0 saturated carbocycles. The maximum absolute atomic E-state index is 11.7. The number of amides is 1. The number of nitrogens with one attached hydrogen (secondary N) is 1. The molecule has 1 aromatic rings. The van der Waals surface area contributed by atoms with E-state index in [1.54, 1.807) is 19.2 Å². The van der Waals surface area contributed by atoms with E-state index in [4.69, 9.17) is 16.3 Å². The van der Waals surface area contributed by atoms with Crippen molar-refractivity contribution in [3.05, 3.63) is 33.4 Å². The second kappa shape index (κ2) is 7.09. The summed E-state index contributed by atoms with van der Waals surface area (Å²) in [6.45, 7) is 0.828. The van der Waals surface area contributed by atoms with Crippen molar-refractivity contribution in [3.8, 4) is 0 Å². The van der Waals surface area contributed by atoms with Crippen LogP contribution in [0.15, 0.2) is 24.3 Å². The Balaban J connectivity index is 2.43. The molecule has 16 heavy (non-hydrogen) atoms. The first-order chi connectivity index (χ1) is 7.63. The van der Waals surface area contributed by atoms with Crippen molar-refractivity contribution in [2.45, 2.75) is 5.38 Å². The molecule has 1 amide bonds. The van der Waals surface area contributed by atoms with Crippen LogP contribution in [0.2, 0.25) is 0 Å². The third-order valence-corrected chi connectivity index (χ3v) is 2.94. The number of hydrogen-bond donors (Lipinski definition) is 1. The molecule has 0 fully saturated rings. The zero-order chi connectivity index (χ0) is 12.0. The molecule has 1 rings (SSSR count). The summed E-state index contributed by atoms with van der Waals surface area (Å²) in [6.07, 6.45) is 0. The summed E-state index contributed by atoms with van der Waals surface area (Å²) in [5.41, 5.74) is 0.640. The Kier molecular flexibility index (Phi) is 6.08. The van der Waals surface area contributed by atoms with Gasteiger partial charge < -0.3 is 10.1 Å². The molecule has 88 valence electrons. The van der Waals surface area contributed by atoms with Gasteiger partial charge in [-0.1, -0.05) is 0 Å². The lowest BCUT2D eigenvalue weighted by atomic mass is 10.2. The fourth-order valence-corrected chi connectivity index (χ4v) is 1.71. The molecule has 1 unspecified atom stereocenters. The summed E-state index contributed by atoms with van der Waals surface area (Å²) in [4.78, 5) is 11.7. The first kappa shape index (κ1) is 13.7. The maximum atomic E-state index is 11.7. The van der Waals surface area contributed by atoms with Crippen LogP contribution in [0.3, 0.4) is 0 Å².